The van der Waals surface area contributed by atoms with Crippen molar-refractivity contribution in [2.75, 3.05) is 7.11 Å². The molecule has 0 aromatic heterocycles. The van der Waals surface area contributed by atoms with Gasteiger partial charge in [0, 0.05) is 23.7 Å². The largest absolute Gasteiger partial charge is 0.467 e. The molecule has 13 nitrogen and oxygen atoms in total. The van der Waals surface area contributed by atoms with Crippen LogP contribution in [0.3, 0.4) is 0 Å². The van der Waals surface area contributed by atoms with Gasteiger partial charge >= 0.3 is 17.9 Å². The summed E-state index contributed by atoms with van der Waals surface area (Å²) in [6.45, 7) is 20.5. The Kier molecular flexibility index (Phi) is 13.1. The lowest BCUT2D eigenvalue weighted by Gasteiger charge is -2.64. The molecule has 13 heteroatoms. The number of ether oxygens (including phenoxy) is 4. The van der Waals surface area contributed by atoms with E-state index in [4.69, 9.17) is 18.9 Å². The minimum atomic E-state index is -1.82. The molecule has 4 aliphatic carbocycles. The van der Waals surface area contributed by atoms with E-state index in [1.807, 2.05) is 27.7 Å². The number of hydrogen-bond donors (Lipinski definition) is 5. The Labute approximate surface area is 345 Å². The maximum absolute atomic E-state index is 13.8. The number of carbonyl (C=O) groups excluding carboxylic acids is 4. The van der Waals surface area contributed by atoms with E-state index in [9.17, 15) is 39.6 Å². The molecule has 0 aromatic rings. The van der Waals surface area contributed by atoms with E-state index in [1.165, 1.54) is 32.1 Å². The Balaban J connectivity index is 1.41. The zero-order chi connectivity index (χ0) is 43.6. The van der Waals surface area contributed by atoms with Gasteiger partial charge in [0.15, 0.2) is 6.29 Å². The number of allylic oxidation sites excluding steroid dienone is 1. The van der Waals surface area contributed by atoms with Gasteiger partial charge in [-0.15, -0.1) is 0 Å². The van der Waals surface area contributed by atoms with E-state index in [1.54, 1.807) is 13.8 Å². The number of methoxy groups -OCH3 is 1. The van der Waals surface area contributed by atoms with Crippen molar-refractivity contribution in [2.24, 2.45) is 45.3 Å². The summed E-state index contributed by atoms with van der Waals surface area (Å²) in [4.78, 5) is 51.8. The van der Waals surface area contributed by atoms with Crippen molar-refractivity contribution in [2.45, 2.75) is 195 Å². The number of amides is 1. The average Bonchev–Trinajstić information content (AvgIpc) is 3.39. The summed E-state index contributed by atoms with van der Waals surface area (Å²) < 4.78 is 23.1. The summed E-state index contributed by atoms with van der Waals surface area (Å²) in [6.07, 6.45) is 1.03. The molecule has 0 aromatic carbocycles. The zero-order valence-corrected chi connectivity index (χ0v) is 37.1. The van der Waals surface area contributed by atoms with Crippen LogP contribution in [0.25, 0.3) is 0 Å². The van der Waals surface area contributed by atoms with Crippen LogP contribution in [0.1, 0.15) is 147 Å². The fourth-order valence-electron chi connectivity index (χ4n) is 12.7. The fraction of sp³-hybridized carbons (Fsp3) is 0.867. The van der Waals surface area contributed by atoms with E-state index in [-0.39, 0.29) is 29.1 Å². The van der Waals surface area contributed by atoms with Gasteiger partial charge < -0.3 is 44.7 Å². The van der Waals surface area contributed by atoms with E-state index in [2.05, 4.69) is 26.1 Å². The molecule has 0 radical (unpaired) electrons. The molecule has 1 heterocycles. The molecule has 5 aliphatic rings. The molecule has 0 bridgehead atoms. The topological polar surface area (TPSA) is 198 Å². The van der Waals surface area contributed by atoms with Gasteiger partial charge in [-0.25, -0.2) is 4.79 Å². The van der Waals surface area contributed by atoms with Crippen LogP contribution < -0.4 is 5.32 Å². The van der Waals surface area contributed by atoms with Crippen LogP contribution in [0.4, 0.5) is 0 Å². The molecule has 0 spiro atoms. The van der Waals surface area contributed by atoms with Gasteiger partial charge in [0.2, 0.25) is 5.91 Å². The highest BCUT2D eigenvalue weighted by molar-refractivity contribution is 5.85. The first-order valence-corrected chi connectivity index (χ1v) is 21.6. The second-order valence-electron chi connectivity index (χ2n) is 20.7. The van der Waals surface area contributed by atoms with Crippen LogP contribution >= 0.6 is 0 Å². The van der Waals surface area contributed by atoms with Crippen LogP contribution in [-0.4, -0.2) is 99.3 Å². The van der Waals surface area contributed by atoms with Crippen LogP contribution in [0.5, 0.6) is 0 Å². The van der Waals surface area contributed by atoms with Gasteiger partial charge in [0.25, 0.3) is 0 Å². The van der Waals surface area contributed by atoms with Crippen molar-refractivity contribution >= 4 is 23.8 Å². The smallest absolute Gasteiger partial charge is 0.328 e. The lowest BCUT2D eigenvalue weighted by molar-refractivity contribution is -0.251. The highest BCUT2D eigenvalue weighted by Crippen LogP contribution is 2.73. The molecule has 1 saturated heterocycles. The third-order valence-corrected chi connectivity index (χ3v) is 16.1. The fourth-order valence-corrected chi connectivity index (χ4v) is 12.7. The summed E-state index contributed by atoms with van der Waals surface area (Å²) in [6, 6.07) is -0.906. The Hall–Kier alpha value is -2.58. The minimum absolute atomic E-state index is 0.00838. The van der Waals surface area contributed by atoms with Gasteiger partial charge in [0.1, 0.15) is 18.2 Å². The number of aliphatic hydroxyl groups is 4. The molecule has 1 aliphatic heterocycles. The predicted octanol–water partition coefficient (Wildman–Crippen LogP) is 5.28. The quantitative estimate of drug-likeness (QED) is 0.0972. The zero-order valence-electron chi connectivity index (χ0n) is 37.1. The first-order valence-electron chi connectivity index (χ1n) is 21.6. The SMILES string of the molecule is CC[C@H](C)[C@H](NC(=O)C[C@](C)(O)CC(=O)O[C@@H]1C[C@]2(C)C3=C(CC[C@H]2C(C)(C)[C@H]1OC(C)=O)[C@]1(C)CC[C@H]([C@H]2CC[C@H](C(C)(C)O)O[C@H]2O)[C@@]1(C)[C@@H](O)C3)C(=O)OC. The highest BCUT2D eigenvalue weighted by Gasteiger charge is 2.69. The van der Waals surface area contributed by atoms with Gasteiger partial charge in [0.05, 0.1) is 43.4 Å². The molecule has 330 valence electrons. The predicted molar refractivity (Wildman–Crippen MR) is 214 cm³/mol. The minimum Gasteiger partial charge on any atom is -0.467 e. The van der Waals surface area contributed by atoms with Crippen molar-refractivity contribution in [3.8, 4) is 0 Å². The monoisotopic (exact) mass is 820 g/mol. The number of aliphatic hydroxyl groups excluding tert-OH is 2. The molecule has 5 rings (SSSR count). The number of rotatable bonds is 12. The lowest BCUT2D eigenvalue weighted by Crippen LogP contribution is -2.63. The molecular weight excluding hydrogens is 746 g/mol. The normalized spacial score (nSPS) is 39.2. The maximum Gasteiger partial charge on any atom is 0.328 e. The van der Waals surface area contributed by atoms with Crippen LogP contribution in [0, 0.1) is 45.3 Å². The van der Waals surface area contributed by atoms with E-state index in [0.29, 0.717) is 32.1 Å². The van der Waals surface area contributed by atoms with Gasteiger partial charge in [-0.2, -0.15) is 0 Å². The number of nitrogens with one attached hydrogen (secondary N) is 1. The van der Waals surface area contributed by atoms with Crippen molar-refractivity contribution in [3.05, 3.63) is 11.1 Å². The van der Waals surface area contributed by atoms with Gasteiger partial charge in [-0.1, -0.05) is 66.0 Å². The Morgan fingerprint density at radius 2 is 1.60 bits per heavy atom. The second-order valence-corrected chi connectivity index (χ2v) is 20.7. The summed E-state index contributed by atoms with van der Waals surface area (Å²) in [5.74, 6) is -2.86. The van der Waals surface area contributed by atoms with Crippen LogP contribution in [0.15, 0.2) is 11.1 Å². The summed E-state index contributed by atoms with van der Waals surface area (Å²) in [7, 11) is 1.24. The number of carbonyl (C=O) groups is 4. The molecule has 58 heavy (non-hydrogen) atoms. The number of fused-ring (bicyclic) bond motifs is 4. The molecule has 3 fully saturated rings. The van der Waals surface area contributed by atoms with Gasteiger partial charge in [-0.05, 0) is 101 Å². The highest BCUT2D eigenvalue weighted by atomic mass is 16.6. The number of esters is 3. The number of hydrogen-bond acceptors (Lipinski definition) is 12. The molecule has 1 amide bonds. The maximum atomic E-state index is 13.8. The Morgan fingerprint density at radius 1 is 0.948 bits per heavy atom. The standard InChI is InChI=1S/C45H73NO12/c1-13-24(2)36(39(52)55-12)46-34(49)22-42(8,54)23-35(50)57-30-21-43(9)29-20-32(48)45(11)27(26-14-17-33(41(6,7)53)58-38(26)51)18-19-44(45,10)28(29)15-16-31(43)40(4,5)37(30)56-25(3)47/h24,26-27,30-33,36-38,48,51,53-54H,13-23H2,1-12H3,(H,46,49)/t24-,26+,27+,30+,31-,32-,33+,36-,37-,38+,42-,43+,44-,45-/m0/s1. The van der Waals surface area contributed by atoms with Gasteiger partial charge in [-0.3, -0.25) is 14.4 Å². The molecule has 5 N–H and O–H groups in total. The lowest BCUT2D eigenvalue weighted by atomic mass is 9.42. The van der Waals surface area contributed by atoms with Crippen LogP contribution in [0.2, 0.25) is 0 Å². The van der Waals surface area contributed by atoms with E-state index in [0.717, 1.165) is 25.7 Å². The molecule has 14 atom stereocenters. The van der Waals surface area contributed by atoms with Crippen molar-refractivity contribution in [1.29, 1.82) is 0 Å². The van der Waals surface area contributed by atoms with Crippen molar-refractivity contribution in [1.82, 2.24) is 5.32 Å². The molecule has 0 unspecified atom stereocenters. The summed E-state index contributed by atoms with van der Waals surface area (Å²) in [5.41, 5.74) is -2.54. The van der Waals surface area contributed by atoms with Crippen molar-refractivity contribution in [3.63, 3.8) is 0 Å². The third kappa shape index (κ3) is 8.25. The third-order valence-electron chi connectivity index (χ3n) is 16.1. The summed E-state index contributed by atoms with van der Waals surface area (Å²) in [5, 5.41) is 48.4. The van der Waals surface area contributed by atoms with Crippen molar-refractivity contribution < 1.29 is 58.6 Å². The Bertz CT molecular complexity index is 1620. The second kappa shape index (κ2) is 16.4. The average molecular weight is 820 g/mol. The summed E-state index contributed by atoms with van der Waals surface area (Å²) >= 11 is 0. The van der Waals surface area contributed by atoms with Crippen LogP contribution in [-0.2, 0) is 38.1 Å². The van der Waals surface area contributed by atoms with E-state index < -0.39 is 101 Å². The molecular formula is C45H73NO12. The molecule has 2 saturated carbocycles. The first-order chi connectivity index (χ1) is 26.7. The van der Waals surface area contributed by atoms with E-state index >= 15 is 0 Å². The first kappa shape index (κ1) is 46.5. The Morgan fingerprint density at radius 3 is 2.17 bits per heavy atom.